The lowest BCUT2D eigenvalue weighted by molar-refractivity contribution is -0.384. The van der Waals surface area contributed by atoms with Gasteiger partial charge in [0.15, 0.2) is 0 Å². The predicted molar refractivity (Wildman–Crippen MR) is 99.7 cm³/mol. The molecule has 27 heavy (non-hydrogen) atoms. The lowest BCUT2D eigenvalue weighted by Crippen LogP contribution is -2.35. The minimum atomic E-state index is -3.97. The molecule has 0 aromatic heterocycles. The molecule has 10 heteroatoms. The molecule has 2 N–H and O–H groups in total. The zero-order valence-electron chi connectivity index (χ0n) is 14.5. The molecule has 0 spiro atoms. The number of non-ortho nitro benzene ring substituents is 1. The average Bonchev–Trinajstić information content (AvgIpc) is 2.65. The van der Waals surface area contributed by atoms with Crippen molar-refractivity contribution in [2.45, 2.75) is 18.2 Å². The lowest BCUT2D eigenvalue weighted by atomic mass is 10.1. The van der Waals surface area contributed by atoms with E-state index >= 15 is 0 Å². The van der Waals surface area contributed by atoms with Gasteiger partial charge in [0.05, 0.1) is 16.4 Å². The summed E-state index contributed by atoms with van der Waals surface area (Å²) in [6.07, 6.45) is 0.551. The first-order valence-corrected chi connectivity index (χ1v) is 9.36. The zero-order chi connectivity index (χ0) is 19.9. The van der Waals surface area contributed by atoms with Gasteiger partial charge in [-0.1, -0.05) is 30.3 Å². The second-order valence-electron chi connectivity index (χ2n) is 5.62. The van der Waals surface area contributed by atoms with Crippen LogP contribution >= 0.6 is 0 Å². The largest absolute Gasteiger partial charge is 0.272 e. The Labute approximate surface area is 156 Å². The van der Waals surface area contributed by atoms with Crippen LogP contribution in [0.1, 0.15) is 12.5 Å². The van der Waals surface area contributed by atoms with Crippen molar-refractivity contribution in [1.29, 1.82) is 0 Å². The molecule has 0 saturated heterocycles. The molecule has 2 aromatic carbocycles. The highest BCUT2D eigenvalue weighted by Gasteiger charge is 2.17. The summed E-state index contributed by atoms with van der Waals surface area (Å²) >= 11 is 0. The summed E-state index contributed by atoms with van der Waals surface area (Å²) in [4.78, 5) is 21.6. The summed E-state index contributed by atoms with van der Waals surface area (Å²) in [7, 11) is -3.97. The summed E-state index contributed by atoms with van der Waals surface area (Å²) in [6, 6.07) is 13.9. The second kappa shape index (κ2) is 9.01. The molecular weight excluding hydrogens is 372 g/mol. The van der Waals surface area contributed by atoms with Crippen molar-refractivity contribution in [3.8, 4) is 0 Å². The van der Waals surface area contributed by atoms with Crippen molar-refractivity contribution in [3.05, 3.63) is 70.3 Å². The second-order valence-corrected chi connectivity index (χ2v) is 7.39. The number of carbonyl (C=O) groups is 1. The highest BCUT2D eigenvalue weighted by molar-refractivity contribution is 7.89. The van der Waals surface area contributed by atoms with Gasteiger partial charge in [-0.15, -0.1) is 0 Å². The first-order chi connectivity index (χ1) is 12.8. The molecule has 0 saturated carbocycles. The molecule has 0 aliphatic carbocycles. The van der Waals surface area contributed by atoms with E-state index in [2.05, 4.69) is 15.2 Å². The Balaban J connectivity index is 1.88. The average molecular weight is 390 g/mol. The summed E-state index contributed by atoms with van der Waals surface area (Å²) in [6.45, 7) is 1.23. The van der Waals surface area contributed by atoms with Gasteiger partial charge >= 0.3 is 0 Å². The maximum absolute atomic E-state index is 12.1. The van der Waals surface area contributed by atoms with Gasteiger partial charge < -0.3 is 0 Å². The van der Waals surface area contributed by atoms with Crippen molar-refractivity contribution in [2.75, 3.05) is 6.54 Å². The van der Waals surface area contributed by atoms with Crippen molar-refractivity contribution >= 4 is 27.3 Å². The number of rotatable bonds is 8. The van der Waals surface area contributed by atoms with Crippen LogP contribution in [-0.2, 0) is 21.2 Å². The number of nitrogens with zero attached hydrogens (tertiary/aromatic N) is 2. The highest BCUT2D eigenvalue weighted by atomic mass is 32.2. The van der Waals surface area contributed by atoms with Crippen LogP contribution in [0.3, 0.4) is 0 Å². The number of nitro benzene ring substituents is 1. The maximum atomic E-state index is 12.1. The Morgan fingerprint density at radius 2 is 1.74 bits per heavy atom. The molecule has 0 radical (unpaired) electrons. The Morgan fingerprint density at radius 1 is 1.11 bits per heavy atom. The summed E-state index contributed by atoms with van der Waals surface area (Å²) < 4.78 is 26.3. The molecule has 0 fully saturated rings. The minimum Gasteiger partial charge on any atom is -0.272 e. The van der Waals surface area contributed by atoms with Gasteiger partial charge in [0, 0.05) is 24.3 Å². The number of nitrogens with one attached hydrogen (secondary N) is 2. The SMILES string of the molecule is C/C(Cc1ccccc1)=N/NC(=O)CNS(=O)(=O)c1ccc([N+](=O)[O-])cc1. The van der Waals surface area contributed by atoms with E-state index in [1.807, 2.05) is 30.3 Å². The van der Waals surface area contributed by atoms with Crippen LogP contribution in [0, 0.1) is 10.1 Å². The number of hydrogen-bond acceptors (Lipinski definition) is 6. The van der Waals surface area contributed by atoms with Crippen LogP contribution in [0.25, 0.3) is 0 Å². The van der Waals surface area contributed by atoms with E-state index in [0.717, 1.165) is 29.8 Å². The number of amides is 1. The van der Waals surface area contributed by atoms with Gasteiger partial charge in [-0.25, -0.2) is 18.6 Å². The predicted octanol–water partition coefficient (Wildman–Crippen LogP) is 1.61. The molecule has 0 aliphatic heterocycles. The highest BCUT2D eigenvalue weighted by Crippen LogP contribution is 2.15. The Morgan fingerprint density at radius 3 is 2.33 bits per heavy atom. The monoisotopic (exact) mass is 390 g/mol. The Kier molecular flexibility index (Phi) is 6.74. The summed E-state index contributed by atoms with van der Waals surface area (Å²) in [5, 5.41) is 14.5. The topological polar surface area (TPSA) is 131 Å². The minimum absolute atomic E-state index is 0.176. The normalized spacial score (nSPS) is 11.8. The van der Waals surface area contributed by atoms with E-state index in [-0.39, 0.29) is 10.6 Å². The third-order valence-corrected chi connectivity index (χ3v) is 4.87. The van der Waals surface area contributed by atoms with Crippen LogP contribution in [0.5, 0.6) is 0 Å². The van der Waals surface area contributed by atoms with E-state index in [0.29, 0.717) is 12.1 Å². The lowest BCUT2D eigenvalue weighted by Gasteiger charge is -2.06. The Bertz CT molecular complexity index is 941. The third kappa shape index (κ3) is 6.28. The van der Waals surface area contributed by atoms with Crippen LogP contribution in [-0.4, -0.2) is 31.5 Å². The standard InChI is InChI=1S/C17H18N4O5S/c1-13(11-14-5-3-2-4-6-14)19-20-17(22)12-18-27(25,26)16-9-7-15(8-10-16)21(23)24/h2-10,18H,11-12H2,1H3,(H,20,22)/b19-13-. The molecule has 2 aromatic rings. The van der Waals surface area contributed by atoms with Crippen LogP contribution in [0.2, 0.25) is 0 Å². The molecule has 9 nitrogen and oxygen atoms in total. The first kappa shape index (κ1) is 20.2. The van der Waals surface area contributed by atoms with Crippen molar-refractivity contribution in [3.63, 3.8) is 0 Å². The number of hydrogen-bond donors (Lipinski definition) is 2. The number of hydrazone groups is 1. The van der Waals surface area contributed by atoms with E-state index in [9.17, 15) is 23.3 Å². The summed E-state index contributed by atoms with van der Waals surface area (Å²) in [5.74, 6) is -0.632. The number of nitro groups is 1. The molecule has 0 bridgehead atoms. The molecule has 0 unspecified atom stereocenters. The molecule has 0 heterocycles. The number of carbonyl (C=O) groups excluding carboxylic acids is 1. The van der Waals surface area contributed by atoms with Gasteiger partial charge in [0.2, 0.25) is 10.0 Å². The molecule has 2 rings (SSSR count). The van der Waals surface area contributed by atoms with Crippen molar-refractivity contribution in [2.24, 2.45) is 5.10 Å². The van der Waals surface area contributed by atoms with Crippen LogP contribution in [0.4, 0.5) is 5.69 Å². The van der Waals surface area contributed by atoms with Gasteiger partial charge in [-0.2, -0.15) is 5.10 Å². The van der Waals surface area contributed by atoms with E-state index in [4.69, 9.17) is 0 Å². The van der Waals surface area contributed by atoms with Crippen molar-refractivity contribution < 1.29 is 18.1 Å². The van der Waals surface area contributed by atoms with Gasteiger partial charge in [0.25, 0.3) is 11.6 Å². The van der Waals surface area contributed by atoms with Crippen molar-refractivity contribution in [1.82, 2.24) is 10.1 Å². The van der Waals surface area contributed by atoms with Gasteiger partial charge in [0.1, 0.15) is 0 Å². The molecule has 0 atom stereocenters. The fraction of sp³-hybridized carbons (Fsp3) is 0.176. The first-order valence-electron chi connectivity index (χ1n) is 7.88. The van der Waals surface area contributed by atoms with Crippen LogP contribution in [0.15, 0.2) is 64.6 Å². The smallest absolute Gasteiger partial charge is 0.269 e. The van der Waals surface area contributed by atoms with Crippen LogP contribution < -0.4 is 10.1 Å². The molecule has 142 valence electrons. The molecular formula is C17H18N4O5S. The fourth-order valence-electron chi connectivity index (χ4n) is 2.12. The number of sulfonamides is 1. The number of benzene rings is 2. The maximum Gasteiger partial charge on any atom is 0.269 e. The Hall–Kier alpha value is -3.11. The quantitative estimate of drug-likeness (QED) is 0.402. The molecule has 0 aliphatic rings. The van der Waals surface area contributed by atoms with E-state index < -0.39 is 27.4 Å². The van der Waals surface area contributed by atoms with Gasteiger partial charge in [-0.05, 0) is 24.6 Å². The zero-order valence-corrected chi connectivity index (χ0v) is 15.3. The van der Waals surface area contributed by atoms with Gasteiger partial charge in [-0.3, -0.25) is 14.9 Å². The van der Waals surface area contributed by atoms with E-state index in [1.165, 1.54) is 0 Å². The summed E-state index contributed by atoms with van der Waals surface area (Å²) in [5.41, 5.74) is 3.75. The van der Waals surface area contributed by atoms with E-state index in [1.54, 1.807) is 6.92 Å². The third-order valence-electron chi connectivity index (χ3n) is 3.45. The molecule has 1 amide bonds. The fourth-order valence-corrected chi connectivity index (χ4v) is 3.10.